The quantitative estimate of drug-likeness (QED) is 0.781. The number of nitrogens with zero attached hydrogens (tertiary/aromatic N) is 1. The molecule has 138 valence electrons. The molecule has 0 spiro atoms. The fourth-order valence-corrected chi connectivity index (χ4v) is 2.77. The number of carbonyl (C=O) groups excluding carboxylic acids is 2. The maximum Gasteiger partial charge on any atom is 0.226 e. The van der Waals surface area contributed by atoms with Crippen molar-refractivity contribution in [3.8, 4) is 0 Å². The number of anilines is 2. The van der Waals surface area contributed by atoms with Crippen LogP contribution in [0.4, 0.5) is 11.4 Å². The van der Waals surface area contributed by atoms with Crippen molar-refractivity contribution in [3.05, 3.63) is 59.7 Å². The third-order valence-electron chi connectivity index (χ3n) is 4.46. The molecule has 4 nitrogen and oxygen atoms in total. The van der Waals surface area contributed by atoms with E-state index >= 15 is 0 Å². The lowest BCUT2D eigenvalue weighted by Gasteiger charge is -2.21. The summed E-state index contributed by atoms with van der Waals surface area (Å²) >= 11 is 0. The summed E-state index contributed by atoms with van der Waals surface area (Å²) in [5.74, 6) is 0.279. The molecular formula is C22H28N2O2. The lowest BCUT2D eigenvalue weighted by Crippen LogP contribution is -2.31. The SMILES string of the molecule is CCc1ccc(NC(=O)CCN(C(C)=O)c2ccc(C(C)C)cc2)cc1. The number of aryl methyl sites for hydroxylation is 1. The second-order valence-corrected chi connectivity index (χ2v) is 6.77. The van der Waals surface area contributed by atoms with E-state index in [9.17, 15) is 9.59 Å². The molecule has 0 fully saturated rings. The van der Waals surface area contributed by atoms with Crippen molar-refractivity contribution in [2.24, 2.45) is 0 Å². The Morgan fingerprint density at radius 1 is 1.00 bits per heavy atom. The molecule has 2 aromatic carbocycles. The molecule has 2 amide bonds. The fourth-order valence-electron chi connectivity index (χ4n) is 2.77. The van der Waals surface area contributed by atoms with E-state index in [4.69, 9.17) is 0 Å². The van der Waals surface area contributed by atoms with Crippen molar-refractivity contribution in [1.29, 1.82) is 0 Å². The van der Waals surface area contributed by atoms with E-state index in [0.717, 1.165) is 17.8 Å². The van der Waals surface area contributed by atoms with Gasteiger partial charge in [0, 0.05) is 31.3 Å². The van der Waals surface area contributed by atoms with Crippen LogP contribution in [-0.2, 0) is 16.0 Å². The predicted molar refractivity (Wildman–Crippen MR) is 108 cm³/mol. The van der Waals surface area contributed by atoms with Crippen LogP contribution in [0.15, 0.2) is 48.5 Å². The monoisotopic (exact) mass is 352 g/mol. The number of hydrogen-bond donors (Lipinski definition) is 1. The normalized spacial score (nSPS) is 10.7. The minimum absolute atomic E-state index is 0.0672. The summed E-state index contributed by atoms with van der Waals surface area (Å²) in [4.78, 5) is 25.9. The standard InChI is InChI=1S/C22H28N2O2/c1-5-18-6-10-20(11-7-18)23-22(26)14-15-24(17(4)25)21-12-8-19(9-13-21)16(2)3/h6-13,16H,5,14-15H2,1-4H3,(H,23,26). The maximum absolute atomic E-state index is 12.2. The molecule has 0 aliphatic heterocycles. The van der Waals surface area contributed by atoms with Gasteiger partial charge in [0.15, 0.2) is 0 Å². The van der Waals surface area contributed by atoms with Crippen LogP contribution < -0.4 is 10.2 Å². The first-order chi connectivity index (χ1) is 12.4. The molecule has 0 heterocycles. The molecule has 0 radical (unpaired) electrons. The summed E-state index contributed by atoms with van der Waals surface area (Å²) in [5, 5.41) is 2.89. The molecule has 0 atom stereocenters. The third-order valence-corrected chi connectivity index (χ3v) is 4.46. The molecule has 4 heteroatoms. The van der Waals surface area contributed by atoms with Crippen LogP contribution in [0.1, 0.15) is 51.2 Å². The van der Waals surface area contributed by atoms with Crippen molar-refractivity contribution < 1.29 is 9.59 Å². The highest BCUT2D eigenvalue weighted by Crippen LogP contribution is 2.20. The second-order valence-electron chi connectivity index (χ2n) is 6.77. The largest absolute Gasteiger partial charge is 0.326 e. The smallest absolute Gasteiger partial charge is 0.226 e. The van der Waals surface area contributed by atoms with Gasteiger partial charge in [-0.2, -0.15) is 0 Å². The van der Waals surface area contributed by atoms with Gasteiger partial charge in [0.1, 0.15) is 0 Å². The van der Waals surface area contributed by atoms with Crippen LogP contribution in [0.3, 0.4) is 0 Å². The van der Waals surface area contributed by atoms with E-state index in [-0.39, 0.29) is 18.2 Å². The number of rotatable bonds is 7. The first-order valence-electron chi connectivity index (χ1n) is 9.17. The zero-order valence-electron chi connectivity index (χ0n) is 16.1. The van der Waals surface area contributed by atoms with Gasteiger partial charge in [0.25, 0.3) is 0 Å². The Bertz CT molecular complexity index is 734. The average molecular weight is 352 g/mol. The molecule has 2 aromatic rings. The summed E-state index contributed by atoms with van der Waals surface area (Å²) in [6, 6.07) is 15.8. The molecule has 0 bridgehead atoms. The van der Waals surface area contributed by atoms with Gasteiger partial charge in [-0.05, 0) is 47.7 Å². The first-order valence-corrected chi connectivity index (χ1v) is 9.17. The highest BCUT2D eigenvalue weighted by Gasteiger charge is 2.14. The summed E-state index contributed by atoms with van der Waals surface area (Å²) < 4.78 is 0. The summed E-state index contributed by atoms with van der Waals surface area (Å²) in [6.07, 6.45) is 1.22. The Labute approximate surface area is 156 Å². The zero-order chi connectivity index (χ0) is 19.1. The van der Waals surface area contributed by atoms with Gasteiger partial charge >= 0.3 is 0 Å². The summed E-state index contributed by atoms with van der Waals surface area (Å²) in [6.45, 7) is 8.24. The van der Waals surface area contributed by atoms with Crippen LogP contribution in [0, 0.1) is 0 Å². The Kier molecular flexibility index (Phi) is 6.96. The number of nitrogens with one attached hydrogen (secondary N) is 1. The van der Waals surface area contributed by atoms with E-state index < -0.39 is 0 Å². The Morgan fingerprint density at radius 3 is 2.12 bits per heavy atom. The van der Waals surface area contributed by atoms with Crippen molar-refractivity contribution >= 4 is 23.2 Å². The van der Waals surface area contributed by atoms with Crippen molar-refractivity contribution in [2.45, 2.75) is 46.5 Å². The van der Waals surface area contributed by atoms with Crippen LogP contribution in [0.2, 0.25) is 0 Å². The van der Waals surface area contributed by atoms with Crippen molar-refractivity contribution in [1.82, 2.24) is 0 Å². The molecule has 2 rings (SSSR count). The molecule has 0 unspecified atom stereocenters. The van der Waals surface area contributed by atoms with Gasteiger partial charge in [0.05, 0.1) is 0 Å². The highest BCUT2D eigenvalue weighted by atomic mass is 16.2. The second kappa shape index (κ2) is 9.18. The molecule has 0 saturated carbocycles. The number of benzene rings is 2. The van der Waals surface area contributed by atoms with Crippen molar-refractivity contribution in [2.75, 3.05) is 16.8 Å². The maximum atomic E-state index is 12.2. The van der Waals surface area contributed by atoms with E-state index in [1.807, 2.05) is 48.5 Å². The average Bonchev–Trinajstić information content (AvgIpc) is 2.62. The lowest BCUT2D eigenvalue weighted by atomic mass is 10.0. The highest BCUT2D eigenvalue weighted by molar-refractivity contribution is 5.94. The van der Waals surface area contributed by atoms with E-state index in [2.05, 4.69) is 26.1 Å². The van der Waals surface area contributed by atoms with Gasteiger partial charge in [-0.25, -0.2) is 0 Å². The van der Waals surface area contributed by atoms with Crippen LogP contribution in [0.25, 0.3) is 0 Å². The van der Waals surface area contributed by atoms with Crippen LogP contribution in [-0.4, -0.2) is 18.4 Å². The third kappa shape index (κ3) is 5.45. The minimum Gasteiger partial charge on any atom is -0.326 e. The lowest BCUT2D eigenvalue weighted by molar-refractivity contribution is -0.117. The summed E-state index contributed by atoms with van der Waals surface area (Å²) in [5.41, 5.74) is 4.06. The number of hydrogen-bond acceptors (Lipinski definition) is 2. The van der Waals surface area contributed by atoms with E-state index in [0.29, 0.717) is 12.5 Å². The Morgan fingerprint density at radius 2 is 1.62 bits per heavy atom. The van der Waals surface area contributed by atoms with E-state index in [1.54, 1.807) is 4.90 Å². The Balaban J connectivity index is 1.96. The van der Waals surface area contributed by atoms with Crippen LogP contribution >= 0.6 is 0 Å². The van der Waals surface area contributed by atoms with Gasteiger partial charge in [-0.3, -0.25) is 9.59 Å². The van der Waals surface area contributed by atoms with Crippen LogP contribution in [0.5, 0.6) is 0 Å². The molecule has 0 aromatic heterocycles. The molecule has 0 aliphatic carbocycles. The molecule has 1 N–H and O–H groups in total. The fraction of sp³-hybridized carbons (Fsp3) is 0.364. The molecule has 0 aliphatic rings. The molecular weight excluding hydrogens is 324 g/mol. The topological polar surface area (TPSA) is 49.4 Å². The van der Waals surface area contributed by atoms with Gasteiger partial charge in [0.2, 0.25) is 11.8 Å². The van der Waals surface area contributed by atoms with Gasteiger partial charge < -0.3 is 10.2 Å². The minimum atomic E-state index is -0.0979. The summed E-state index contributed by atoms with van der Waals surface area (Å²) in [7, 11) is 0. The number of amides is 2. The Hall–Kier alpha value is -2.62. The predicted octanol–water partition coefficient (Wildman–Crippen LogP) is 4.75. The zero-order valence-corrected chi connectivity index (χ0v) is 16.1. The van der Waals surface area contributed by atoms with Crippen molar-refractivity contribution in [3.63, 3.8) is 0 Å². The van der Waals surface area contributed by atoms with E-state index in [1.165, 1.54) is 18.1 Å². The first kappa shape index (κ1) is 19.7. The number of carbonyl (C=O) groups is 2. The van der Waals surface area contributed by atoms with Gasteiger partial charge in [-0.15, -0.1) is 0 Å². The van der Waals surface area contributed by atoms with Gasteiger partial charge in [-0.1, -0.05) is 45.0 Å². The molecule has 26 heavy (non-hydrogen) atoms. The molecule has 0 saturated heterocycles.